The fourth-order valence-corrected chi connectivity index (χ4v) is 4.00. The van der Waals surface area contributed by atoms with Crippen molar-refractivity contribution in [3.05, 3.63) is 65.7 Å². The van der Waals surface area contributed by atoms with Crippen LogP contribution in [-0.2, 0) is 10.2 Å². The summed E-state index contributed by atoms with van der Waals surface area (Å²) in [5, 5.41) is 14.9. The Kier molecular flexibility index (Phi) is 6.86. The molecule has 1 fully saturated rings. The summed E-state index contributed by atoms with van der Waals surface area (Å²) in [6, 6.07) is 16.7. The number of anilines is 1. The van der Waals surface area contributed by atoms with Gasteiger partial charge in [-0.25, -0.2) is 0 Å². The molecular weight excluding hydrogens is 416 g/mol. The summed E-state index contributed by atoms with van der Waals surface area (Å²) in [7, 11) is 0. The second-order valence-electron chi connectivity index (χ2n) is 9.40. The van der Waals surface area contributed by atoms with Crippen LogP contribution in [0.3, 0.4) is 0 Å². The minimum absolute atomic E-state index is 0.0451. The molecule has 4 rings (SSSR count). The first-order chi connectivity index (χ1) is 15.8. The average molecular weight is 449 g/mol. The Morgan fingerprint density at radius 2 is 1.79 bits per heavy atom. The number of nitrogens with one attached hydrogen (secondary N) is 1. The van der Waals surface area contributed by atoms with Gasteiger partial charge in [0.2, 0.25) is 0 Å². The second kappa shape index (κ2) is 9.81. The van der Waals surface area contributed by atoms with E-state index in [0.29, 0.717) is 17.9 Å². The highest BCUT2D eigenvalue weighted by atomic mass is 16.5. The number of phenolic OH excluding ortho intramolecular Hbond substituents is 1. The SMILES string of the molecule is CC(C)(C)c1ccc(O)c(NC(=O)c2ccc(OCCN3CCOCC3)c3ccccc23)c1. The van der Waals surface area contributed by atoms with Crippen LogP contribution in [0.1, 0.15) is 36.7 Å². The highest BCUT2D eigenvalue weighted by molar-refractivity contribution is 6.14. The van der Waals surface area contributed by atoms with Crippen molar-refractivity contribution in [1.29, 1.82) is 0 Å². The van der Waals surface area contributed by atoms with Crippen molar-refractivity contribution >= 4 is 22.4 Å². The molecular formula is C27H32N2O4. The number of carbonyl (C=O) groups excluding carboxylic acids is 1. The van der Waals surface area contributed by atoms with Gasteiger partial charge in [-0.3, -0.25) is 9.69 Å². The minimum Gasteiger partial charge on any atom is -0.506 e. The summed E-state index contributed by atoms with van der Waals surface area (Å²) in [5.41, 5.74) is 1.87. The highest BCUT2D eigenvalue weighted by Gasteiger charge is 2.19. The predicted molar refractivity (Wildman–Crippen MR) is 131 cm³/mol. The summed E-state index contributed by atoms with van der Waals surface area (Å²) < 4.78 is 11.5. The van der Waals surface area contributed by atoms with Crippen LogP contribution in [0.15, 0.2) is 54.6 Å². The normalized spacial score (nSPS) is 14.9. The van der Waals surface area contributed by atoms with Gasteiger partial charge < -0.3 is 19.9 Å². The Morgan fingerprint density at radius 3 is 2.52 bits per heavy atom. The van der Waals surface area contributed by atoms with Crippen LogP contribution in [0, 0.1) is 0 Å². The summed E-state index contributed by atoms with van der Waals surface area (Å²) in [5.74, 6) is 0.532. The molecule has 0 spiro atoms. The molecule has 0 radical (unpaired) electrons. The van der Waals surface area contributed by atoms with E-state index in [9.17, 15) is 9.90 Å². The van der Waals surface area contributed by atoms with Crippen LogP contribution >= 0.6 is 0 Å². The van der Waals surface area contributed by atoms with Crippen molar-refractivity contribution in [1.82, 2.24) is 4.90 Å². The molecule has 0 bridgehead atoms. The van der Waals surface area contributed by atoms with Crippen molar-refractivity contribution in [2.75, 3.05) is 44.8 Å². The fraction of sp³-hybridized carbons (Fsp3) is 0.370. The number of fused-ring (bicyclic) bond motifs is 1. The molecule has 0 unspecified atom stereocenters. The lowest BCUT2D eigenvalue weighted by molar-refractivity contribution is 0.0323. The first-order valence-corrected chi connectivity index (χ1v) is 11.4. The number of hydrogen-bond acceptors (Lipinski definition) is 5. The molecule has 1 aliphatic heterocycles. The largest absolute Gasteiger partial charge is 0.506 e. The number of amides is 1. The molecule has 0 saturated carbocycles. The number of aromatic hydroxyl groups is 1. The third kappa shape index (κ3) is 5.46. The van der Waals surface area contributed by atoms with E-state index in [2.05, 4.69) is 31.0 Å². The van der Waals surface area contributed by atoms with Gasteiger partial charge in [0.1, 0.15) is 18.1 Å². The molecule has 2 N–H and O–H groups in total. The minimum atomic E-state index is -0.271. The van der Waals surface area contributed by atoms with E-state index in [1.54, 1.807) is 12.1 Å². The van der Waals surface area contributed by atoms with Crippen molar-refractivity contribution in [2.24, 2.45) is 0 Å². The third-order valence-corrected chi connectivity index (χ3v) is 6.01. The number of rotatable bonds is 6. The number of phenols is 1. The molecule has 0 aromatic heterocycles. The Balaban J connectivity index is 1.54. The van der Waals surface area contributed by atoms with Gasteiger partial charge in [-0.05, 0) is 40.6 Å². The standard InChI is InChI=1S/C27H32N2O4/c1-27(2,3)19-8-10-24(30)23(18-19)28-26(31)22-9-11-25(21-7-5-4-6-20(21)22)33-17-14-29-12-15-32-16-13-29/h4-11,18,30H,12-17H2,1-3H3,(H,28,31). The zero-order chi connectivity index (χ0) is 23.4. The molecule has 1 heterocycles. The van der Waals surface area contributed by atoms with Gasteiger partial charge in [-0.15, -0.1) is 0 Å². The predicted octanol–water partition coefficient (Wildman–Crippen LogP) is 4.81. The number of benzene rings is 3. The molecule has 3 aromatic carbocycles. The van der Waals surface area contributed by atoms with Crippen LogP contribution in [0.4, 0.5) is 5.69 Å². The lowest BCUT2D eigenvalue weighted by atomic mass is 9.87. The van der Waals surface area contributed by atoms with Crippen LogP contribution < -0.4 is 10.1 Å². The van der Waals surface area contributed by atoms with Gasteiger partial charge in [-0.1, -0.05) is 51.1 Å². The van der Waals surface area contributed by atoms with Crippen LogP contribution in [0.5, 0.6) is 11.5 Å². The molecule has 6 heteroatoms. The van der Waals surface area contributed by atoms with Gasteiger partial charge in [0.05, 0.1) is 18.9 Å². The van der Waals surface area contributed by atoms with Crippen molar-refractivity contribution < 1.29 is 19.4 Å². The van der Waals surface area contributed by atoms with E-state index in [0.717, 1.165) is 54.9 Å². The maximum atomic E-state index is 13.2. The Labute approximate surface area is 195 Å². The fourth-order valence-electron chi connectivity index (χ4n) is 4.00. The number of morpholine rings is 1. The van der Waals surface area contributed by atoms with Gasteiger partial charge in [0, 0.05) is 30.6 Å². The first kappa shape index (κ1) is 23.1. The molecule has 1 amide bonds. The smallest absolute Gasteiger partial charge is 0.256 e. The zero-order valence-electron chi connectivity index (χ0n) is 19.6. The number of hydrogen-bond donors (Lipinski definition) is 2. The van der Waals surface area contributed by atoms with Gasteiger partial charge >= 0.3 is 0 Å². The monoisotopic (exact) mass is 448 g/mol. The molecule has 33 heavy (non-hydrogen) atoms. The van der Waals surface area contributed by atoms with Gasteiger partial charge in [-0.2, -0.15) is 0 Å². The molecule has 1 saturated heterocycles. The second-order valence-corrected chi connectivity index (χ2v) is 9.40. The Morgan fingerprint density at radius 1 is 1.06 bits per heavy atom. The van der Waals surface area contributed by atoms with E-state index in [1.807, 2.05) is 42.5 Å². The highest BCUT2D eigenvalue weighted by Crippen LogP contribution is 2.33. The quantitative estimate of drug-likeness (QED) is 0.530. The van der Waals surface area contributed by atoms with E-state index in [-0.39, 0.29) is 17.1 Å². The van der Waals surface area contributed by atoms with Crippen LogP contribution in [-0.4, -0.2) is 55.4 Å². The number of ether oxygens (including phenoxy) is 2. The molecule has 3 aromatic rings. The first-order valence-electron chi connectivity index (χ1n) is 11.4. The third-order valence-electron chi connectivity index (χ3n) is 6.01. The lowest BCUT2D eigenvalue weighted by Gasteiger charge is -2.26. The molecule has 0 aliphatic carbocycles. The molecule has 0 atom stereocenters. The average Bonchev–Trinajstić information content (AvgIpc) is 2.80. The molecule has 1 aliphatic rings. The number of carbonyl (C=O) groups is 1. The maximum absolute atomic E-state index is 13.2. The van der Waals surface area contributed by atoms with E-state index >= 15 is 0 Å². The van der Waals surface area contributed by atoms with E-state index in [1.165, 1.54) is 0 Å². The van der Waals surface area contributed by atoms with Gasteiger partial charge in [0.15, 0.2) is 0 Å². The summed E-state index contributed by atoms with van der Waals surface area (Å²) in [4.78, 5) is 15.5. The molecule has 6 nitrogen and oxygen atoms in total. The van der Waals surface area contributed by atoms with Crippen molar-refractivity contribution in [3.8, 4) is 11.5 Å². The van der Waals surface area contributed by atoms with Crippen LogP contribution in [0.2, 0.25) is 0 Å². The van der Waals surface area contributed by atoms with E-state index < -0.39 is 0 Å². The maximum Gasteiger partial charge on any atom is 0.256 e. The van der Waals surface area contributed by atoms with E-state index in [4.69, 9.17) is 9.47 Å². The number of nitrogens with zero attached hydrogens (tertiary/aromatic N) is 1. The zero-order valence-corrected chi connectivity index (χ0v) is 19.6. The Bertz CT molecular complexity index is 1130. The van der Waals surface area contributed by atoms with Crippen molar-refractivity contribution in [3.63, 3.8) is 0 Å². The molecule has 174 valence electrons. The van der Waals surface area contributed by atoms with Crippen LogP contribution in [0.25, 0.3) is 10.8 Å². The summed E-state index contributed by atoms with van der Waals surface area (Å²) in [6.07, 6.45) is 0. The van der Waals surface area contributed by atoms with Gasteiger partial charge in [0.25, 0.3) is 5.91 Å². The summed E-state index contributed by atoms with van der Waals surface area (Å²) >= 11 is 0. The van der Waals surface area contributed by atoms with Crippen molar-refractivity contribution in [2.45, 2.75) is 26.2 Å². The topological polar surface area (TPSA) is 71.0 Å². The summed E-state index contributed by atoms with van der Waals surface area (Å²) in [6.45, 7) is 11.1. The Hall–Kier alpha value is -3.09. The lowest BCUT2D eigenvalue weighted by Crippen LogP contribution is -2.38.